The summed E-state index contributed by atoms with van der Waals surface area (Å²) in [6.45, 7) is 1.57. The van der Waals surface area contributed by atoms with Crippen LogP contribution in [0.4, 0.5) is 0 Å². The molecular formula is C29H38N2O4. The number of aryl methyl sites for hydroxylation is 1. The number of rotatable bonds is 11. The van der Waals surface area contributed by atoms with Crippen LogP contribution in [0.15, 0.2) is 54.7 Å². The van der Waals surface area contributed by atoms with Crippen LogP contribution < -0.4 is 10.1 Å². The van der Waals surface area contributed by atoms with Crippen molar-refractivity contribution < 1.29 is 20.1 Å². The number of hydrogen-bond donors (Lipinski definition) is 4. The fourth-order valence-electron chi connectivity index (χ4n) is 5.57. The molecule has 1 aliphatic rings. The van der Waals surface area contributed by atoms with Gasteiger partial charge in [-0.25, -0.2) is 0 Å². The maximum atomic E-state index is 11.4. The minimum atomic E-state index is -0.766. The molecule has 0 unspecified atom stereocenters. The lowest BCUT2D eigenvalue weighted by Crippen LogP contribution is -2.44. The summed E-state index contributed by atoms with van der Waals surface area (Å²) in [7, 11) is 1.61. The van der Waals surface area contributed by atoms with E-state index in [0.717, 1.165) is 62.5 Å². The van der Waals surface area contributed by atoms with Crippen LogP contribution in [0.2, 0.25) is 0 Å². The summed E-state index contributed by atoms with van der Waals surface area (Å²) < 4.78 is 5.39. The molecule has 3 aromatic rings. The number of methoxy groups -OCH3 is 1. The van der Waals surface area contributed by atoms with Crippen molar-refractivity contribution in [3.8, 4) is 5.75 Å². The van der Waals surface area contributed by atoms with E-state index in [1.165, 1.54) is 5.56 Å². The smallest absolute Gasteiger partial charge is 0.119 e. The van der Waals surface area contributed by atoms with Gasteiger partial charge in [0.15, 0.2) is 0 Å². The van der Waals surface area contributed by atoms with Crippen LogP contribution >= 0.6 is 0 Å². The highest BCUT2D eigenvalue weighted by atomic mass is 16.5. The number of nitrogens with one attached hydrogen (secondary N) is 1. The largest absolute Gasteiger partial charge is 0.497 e. The molecule has 0 spiro atoms. The Labute approximate surface area is 208 Å². The molecule has 1 aromatic heterocycles. The molecule has 0 bridgehead atoms. The number of nitrogens with zero attached hydrogens (tertiary/aromatic N) is 1. The molecule has 0 amide bonds. The summed E-state index contributed by atoms with van der Waals surface area (Å²) in [6, 6.07) is 16.0. The topological polar surface area (TPSA) is 94.8 Å². The molecule has 2 aromatic carbocycles. The highest BCUT2D eigenvalue weighted by Gasteiger charge is 2.39. The SMILES string of the molecule is COc1ccc2ncc(CO)c([C@H](O)CCC3([C@@H](O)CCCc4ccccc4)CCNCC3)c2c1. The summed E-state index contributed by atoms with van der Waals surface area (Å²) in [5.41, 5.74) is 3.17. The zero-order chi connectivity index (χ0) is 24.7. The molecule has 2 atom stereocenters. The van der Waals surface area contributed by atoms with Gasteiger partial charge in [0.1, 0.15) is 5.75 Å². The van der Waals surface area contributed by atoms with E-state index >= 15 is 0 Å². The van der Waals surface area contributed by atoms with E-state index in [2.05, 4.69) is 34.6 Å². The van der Waals surface area contributed by atoms with Gasteiger partial charge in [0, 0.05) is 17.1 Å². The molecule has 35 heavy (non-hydrogen) atoms. The third-order valence-corrected chi connectivity index (χ3v) is 7.71. The third kappa shape index (κ3) is 6.01. The van der Waals surface area contributed by atoms with Crippen molar-refractivity contribution in [1.29, 1.82) is 0 Å². The highest BCUT2D eigenvalue weighted by Crippen LogP contribution is 2.42. The van der Waals surface area contributed by atoms with Gasteiger partial charge in [0.2, 0.25) is 0 Å². The third-order valence-electron chi connectivity index (χ3n) is 7.71. The molecule has 4 N–H and O–H groups in total. The van der Waals surface area contributed by atoms with Crippen molar-refractivity contribution in [2.75, 3.05) is 20.2 Å². The summed E-state index contributed by atoms with van der Waals surface area (Å²) in [4.78, 5) is 4.45. The number of aromatic nitrogens is 1. The Kier molecular flexibility index (Phi) is 8.74. The monoisotopic (exact) mass is 478 g/mol. The Balaban J connectivity index is 1.49. The van der Waals surface area contributed by atoms with E-state index in [1.54, 1.807) is 13.3 Å². The first-order valence-electron chi connectivity index (χ1n) is 12.7. The Hall–Kier alpha value is -2.51. The van der Waals surface area contributed by atoms with E-state index in [9.17, 15) is 15.3 Å². The van der Waals surface area contributed by atoms with Crippen molar-refractivity contribution >= 4 is 10.9 Å². The van der Waals surface area contributed by atoms with Gasteiger partial charge in [-0.1, -0.05) is 30.3 Å². The van der Waals surface area contributed by atoms with Crippen molar-refractivity contribution in [1.82, 2.24) is 10.3 Å². The summed E-state index contributed by atoms with van der Waals surface area (Å²) >= 11 is 0. The molecule has 0 radical (unpaired) electrons. The van der Waals surface area contributed by atoms with E-state index in [-0.39, 0.29) is 12.0 Å². The minimum Gasteiger partial charge on any atom is -0.497 e. The van der Waals surface area contributed by atoms with Crippen LogP contribution in [0.3, 0.4) is 0 Å². The Bertz CT molecular complexity index is 1080. The maximum absolute atomic E-state index is 11.4. The van der Waals surface area contributed by atoms with E-state index in [4.69, 9.17) is 4.74 Å². The average Bonchev–Trinajstić information content (AvgIpc) is 2.91. The summed E-state index contributed by atoms with van der Waals surface area (Å²) in [6.07, 6.45) is 6.14. The first-order chi connectivity index (χ1) is 17.1. The van der Waals surface area contributed by atoms with Crippen LogP contribution in [0.1, 0.15) is 61.3 Å². The fourth-order valence-corrected chi connectivity index (χ4v) is 5.57. The van der Waals surface area contributed by atoms with Gasteiger partial charge in [0.25, 0.3) is 0 Å². The quantitative estimate of drug-likeness (QED) is 0.328. The molecule has 1 saturated heterocycles. The van der Waals surface area contributed by atoms with Gasteiger partial charge in [-0.2, -0.15) is 0 Å². The molecule has 2 heterocycles. The van der Waals surface area contributed by atoms with Crippen LogP contribution in [0, 0.1) is 5.41 Å². The predicted molar refractivity (Wildman–Crippen MR) is 138 cm³/mol. The van der Waals surface area contributed by atoms with Gasteiger partial charge in [-0.05, 0) is 92.8 Å². The van der Waals surface area contributed by atoms with Gasteiger partial charge in [0.05, 0.1) is 31.4 Å². The number of pyridine rings is 1. The second-order valence-corrected chi connectivity index (χ2v) is 9.80. The lowest BCUT2D eigenvalue weighted by molar-refractivity contribution is -0.0210. The highest BCUT2D eigenvalue weighted by molar-refractivity contribution is 5.85. The van der Waals surface area contributed by atoms with Crippen LogP contribution in [-0.4, -0.2) is 46.6 Å². The molecule has 4 rings (SSSR count). The van der Waals surface area contributed by atoms with E-state index in [1.807, 2.05) is 24.3 Å². The number of hydrogen-bond acceptors (Lipinski definition) is 6. The van der Waals surface area contributed by atoms with Crippen LogP contribution in [0.5, 0.6) is 5.75 Å². The number of piperidine rings is 1. The molecule has 0 saturated carbocycles. The van der Waals surface area contributed by atoms with Gasteiger partial charge in [-0.3, -0.25) is 4.98 Å². The Morgan fingerprint density at radius 1 is 1.06 bits per heavy atom. The predicted octanol–water partition coefficient (Wildman–Crippen LogP) is 4.30. The van der Waals surface area contributed by atoms with E-state index < -0.39 is 12.2 Å². The van der Waals surface area contributed by atoms with Gasteiger partial charge in [-0.15, -0.1) is 0 Å². The lowest BCUT2D eigenvalue weighted by atomic mass is 9.69. The minimum absolute atomic E-state index is 0.191. The molecule has 0 aliphatic carbocycles. The van der Waals surface area contributed by atoms with E-state index in [0.29, 0.717) is 23.3 Å². The zero-order valence-corrected chi connectivity index (χ0v) is 20.6. The average molecular weight is 479 g/mol. The second-order valence-electron chi connectivity index (χ2n) is 9.80. The van der Waals surface area contributed by atoms with Gasteiger partial charge >= 0.3 is 0 Å². The normalized spacial score (nSPS) is 17.3. The van der Waals surface area contributed by atoms with Crippen molar-refractivity contribution in [3.63, 3.8) is 0 Å². The molecular weight excluding hydrogens is 440 g/mol. The fraction of sp³-hybridized carbons (Fsp3) is 0.483. The summed E-state index contributed by atoms with van der Waals surface area (Å²) in [5, 5.41) is 36.9. The Morgan fingerprint density at radius 2 is 1.83 bits per heavy atom. The van der Waals surface area contributed by atoms with Crippen LogP contribution in [-0.2, 0) is 13.0 Å². The first-order valence-corrected chi connectivity index (χ1v) is 12.7. The summed E-state index contributed by atoms with van der Waals surface area (Å²) in [5.74, 6) is 0.687. The van der Waals surface area contributed by atoms with Gasteiger partial charge < -0.3 is 25.4 Å². The van der Waals surface area contributed by atoms with Crippen LogP contribution in [0.25, 0.3) is 10.9 Å². The standard InChI is InChI=1S/C29H38N2O4/c1-35-23-10-11-25-24(18-23)28(22(20-32)19-31-25)26(33)12-13-29(14-16-30-17-15-29)27(34)9-5-8-21-6-3-2-4-7-21/h2-4,6-7,10-11,18-19,26-27,30,32-34H,5,8-9,12-17,20H2,1H3/t26-,27+/m1/s1. The molecule has 1 fully saturated rings. The number of benzene rings is 2. The lowest BCUT2D eigenvalue weighted by Gasteiger charge is -2.42. The Morgan fingerprint density at radius 3 is 2.54 bits per heavy atom. The molecule has 6 nitrogen and oxygen atoms in total. The molecule has 1 aliphatic heterocycles. The molecule has 188 valence electrons. The molecule has 6 heteroatoms. The second kappa shape index (κ2) is 12.0. The first kappa shape index (κ1) is 25.6. The van der Waals surface area contributed by atoms with Crippen molar-refractivity contribution in [3.05, 3.63) is 71.4 Å². The number of aliphatic hydroxyl groups excluding tert-OH is 3. The van der Waals surface area contributed by atoms with Crippen molar-refractivity contribution in [2.45, 2.75) is 63.8 Å². The number of fused-ring (bicyclic) bond motifs is 1. The maximum Gasteiger partial charge on any atom is 0.119 e. The zero-order valence-electron chi connectivity index (χ0n) is 20.6. The number of ether oxygens (including phenoxy) is 1. The number of aliphatic hydroxyl groups is 3. The van der Waals surface area contributed by atoms with Crippen molar-refractivity contribution in [2.24, 2.45) is 5.41 Å².